The van der Waals surface area contributed by atoms with E-state index in [0.29, 0.717) is 18.7 Å². The maximum Gasteiger partial charge on any atom is 0.251 e. The van der Waals surface area contributed by atoms with Crippen molar-refractivity contribution < 1.29 is 13.9 Å². The van der Waals surface area contributed by atoms with Gasteiger partial charge in [0.2, 0.25) is 0 Å². The summed E-state index contributed by atoms with van der Waals surface area (Å²) in [6.07, 6.45) is 1.77. The second kappa shape index (κ2) is 9.00. The normalized spacial score (nSPS) is 12.0. The molecule has 31 heavy (non-hydrogen) atoms. The number of nitrogens with one attached hydrogen (secondary N) is 1. The molecule has 0 spiro atoms. The number of hydrogen-bond donors (Lipinski definition) is 1. The highest BCUT2D eigenvalue weighted by Gasteiger charge is 2.14. The lowest BCUT2D eigenvalue weighted by atomic mass is 10.1. The lowest BCUT2D eigenvalue weighted by molar-refractivity contribution is 0.0940. The predicted octanol–water partition coefficient (Wildman–Crippen LogP) is 5.11. The predicted molar refractivity (Wildman–Crippen MR) is 119 cm³/mol. The Balaban J connectivity index is 1.50. The van der Waals surface area contributed by atoms with Crippen molar-refractivity contribution in [2.45, 2.75) is 26.4 Å². The highest BCUT2D eigenvalue weighted by molar-refractivity contribution is 5.98. The Hall–Kier alpha value is -3.67. The Bertz CT molecular complexity index is 1180. The van der Waals surface area contributed by atoms with Gasteiger partial charge in [0, 0.05) is 10.9 Å². The molecule has 6 heteroatoms. The van der Waals surface area contributed by atoms with Gasteiger partial charge in [-0.1, -0.05) is 30.3 Å². The molecule has 4 aromatic rings. The van der Waals surface area contributed by atoms with Gasteiger partial charge in [-0.3, -0.25) is 9.48 Å². The molecular formula is C25H24FN3O2. The molecule has 0 saturated heterocycles. The average molecular weight is 417 g/mol. The molecule has 1 aromatic heterocycles. The first-order valence-electron chi connectivity index (χ1n) is 10.3. The van der Waals surface area contributed by atoms with E-state index in [9.17, 15) is 9.18 Å². The lowest BCUT2D eigenvalue weighted by Crippen LogP contribution is -2.26. The van der Waals surface area contributed by atoms with Crippen LogP contribution in [0.15, 0.2) is 72.9 Å². The molecule has 0 bridgehead atoms. The maximum absolute atomic E-state index is 13.2. The minimum Gasteiger partial charge on any atom is -0.494 e. The molecule has 1 N–H and O–H groups in total. The van der Waals surface area contributed by atoms with Crippen LogP contribution in [0.25, 0.3) is 10.9 Å². The summed E-state index contributed by atoms with van der Waals surface area (Å²) in [6, 6.07) is 19.4. The van der Waals surface area contributed by atoms with Gasteiger partial charge in [0.05, 0.1) is 30.9 Å². The van der Waals surface area contributed by atoms with Gasteiger partial charge < -0.3 is 10.1 Å². The zero-order valence-electron chi connectivity index (χ0n) is 17.5. The van der Waals surface area contributed by atoms with Crippen molar-refractivity contribution in [1.82, 2.24) is 15.1 Å². The molecular weight excluding hydrogens is 393 g/mol. The van der Waals surface area contributed by atoms with E-state index in [2.05, 4.69) is 10.4 Å². The number of nitrogens with zero attached hydrogens (tertiary/aromatic N) is 2. The summed E-state index contributed by atoms with van der Waals surface area (Å²) in [5, 5.41) is 8.41. The van der Waals surface area contributed by atoms with Gasteiger partial charge in [-0.05, 0) is 61.4 Å². The van der Waals surface area contributed by atoms with Crippen LogP contribution in [0.4, 0.5) is 4.39 Å². The van der Waals surface area contributed by atoms with Gasteiger partial charge in [-0.2, -0.15) is 5.10 Å². The molecule has 1 atom stereocenters. The highest BCUT2D eigenvalue weighted by atomic mass is 19.1. The third-order valence-electron chi connectivity index (χ3n) is 5.19. The molecule has 0 radical (unpaired) electrons. The second-order valence-corrected chi connectivity index (χ2v) is 7.40. The summed E-state index contributed by atoms with van der Waals surface area (Å²) in [5.74, 6) is 0.386. The number of halogens is 1. The quantitative estimate of drug-likeness (QED) is 0.454. The first-order valence-corrected chi connectivity index (χ1v) is 10.3. The van der Waals surface area contributed by atoms with E-state index >= 15 is 0 Å². The third-order valence-corrected chi connectivity index (χ3v) is 5.19. The summed E-state index contributed by atoms with van der Waals surface area (Å²) in [5.41, 5.74) is 3.35. The molecule has 5 nitrogen and oxygen atoms in total. The van der Waals surface area contributed by atoms with E-state index in [0.717, 1.165) is 27.8 Å². The summed E-state index contributed by atoms with van der Waals surface area (Å²) >= 11 is 0. The molecule has 0 aliphatic heterocycles. The minimum absolute atomic E-state index is 0.150. The Morgan fingerprint density at radius 3 is 2.55 bits per heavy atom. The highest BCUT2D eigenvalue weighted by Crippen LogP contribution is 2.20. The van der Waals surface area contributed by atoms with E-state index in [1.807, 2.05) is 54.9 Å². The van der Waals surface area contributed by atoms with Crippen molar-refractivity contribution in [2.75, 3.05) is 6.61 Å². The van der Waals surface area contributed by atoms with E-state index < -0.39 is 0 Å². The Morgan fingerprint density at radius 2 is 1.84 bits per heavy atom. The SMILES string of the molecule is CCOc1ccc([C@@H](C)NC(=O)c2ccc3cnn(Cc4ccc(F)cc4)c3c2)cc1. The number of rotatable bonds is 7. The van der Waals surface area contributed by atoms with Crippen LogP contribution in [-0.4, -0.2) is 22.3 Å². The summed E-state index contributed by atoms with van der Waals surface area (Å²) in [4.78, 5) is 12.9. The van der Waals surface area contributed by atoms with E-state index in [-0.39, 0.29) is 17.8 Å². The smallest absolute Gasteiger partial charge is 0.251 e. The number of benzene rings is 3. The Morgan fingerprint density at radius 1 is 1.10 bits per heavy atom. The number of aromatic nitrogens is 2. The van der Waals surface area contributed by atoms with Crippen LogP contribution in [0.3, 0.4) is 0 Å². The fraction of sp³-hybridized carbons (Fsp3) is 0.200. The molecule has 3 aromatic carbocycles. The van der Waals surface area contributed by atoms with E-state index in [1.54, 1.807) is 24.4 Å². The zero-order valence-corrected chi connectivity index (χ0v) is 17.5. The number of fused-ring (bicyclic) bond motifs is 1. The Kier molecular flexibility index (Phi) is 5.98. The summed E-state index contributed by atoms with van der Waals surface area (Å²) in [6.45, 7) is 5.01. The number of amides is 1. The van der Waals surface area contributed by atoms with Gasteiger partial charge in [0.15, 0.2) is 0 Å². The molecule has 1 heterocycles. The molecule has 4 rings (SSSR count). The van der Waals surface area contributed by atoms with Crippen molar-refractivity contribution in [2.24, 2.45) is 0 Å². The second-order valence-electron chi connectivity index (χ2n) is 7.40. The molecule has 0 aliphatic rings. The van der Waals surface area contributed by atoms with Crippen LogP contribution >= 0.6 is 0 Å². The fourth-order valence-electron chi connectivity index (χ4n) is 3.48. The van der Waals surface area contributed by atoms with Gasteiger partial charge in [0.25, 0.3) is 5.91 Å². The summed E-state index contributed by atoms with van der Waals surface area (Å²) in [7, 11) is 0. The number of hydrogen-bond acceptors (Lipinski definition) is 3. The van der Waals surface area contributed by atoms with Crippen LogP contribution < -0.4 is 10.1 Å². The number of ether oxygens (including phenoxy) is 1. The van der Waals surface area contributed by atoms with Crippen molar-refractivity contribution in [3.8, 4) is 5.75 Å². The molecule has 0 unspecified atom stereocenters. The third kappa shape index (κ3) is 4.74. The first-order chi connectivity index (χ1) is 15.0. The molecule has 0 fully saturated rings. The Labute approximate surface area is 180 Å². The lowest BCUT2D eigenvalue weighted by Gasteiger charge is -2.15. The molecule has 158 valence electrons. The largest absolute Gasteiger partial charge is 0.494 e. The number of carbonyl (C=O) groups excluding carboxylic acids is 1. The van der Waals surface area contributed by atoms with Crippen LogP contribution in [-0.2, 0) is 6.54 Å². The molecule has 0 saturated carbocycles. The van der Waals surface area contributed by atoms with E-state index in [4.69, 9.17) is 4.74 Å². The molecule has 1 amide bonds. The monoisotopic (exact) mass is 417 g/mol. The van der Waals surface area contributed by atoms with E-state index in [1.165, 1.54) is 12.1 Å². The number of carbonyl (C=O) groups is 1. The van der Waals surface area contributed by atoms with Crippen LogP contribution in [0.2, 0.25) is 0 Å². The molecule has 0 aliphatic carbocycles. The first kappa shape index (κ1) is 20.6. The average Bonchev–Trinajstić information content (AvgIpc) is 3.18. The van der Waals surface area contributed by atoms with Crippen LogP contribution in [0.5, 0.6) is 5.75 Å². The maximum atomic E-state index is 13.2. The zero-order chi connectivity index (χ0) is 21.8. The minimum atomic E-state index is -0.269. The topological polar surface area (TPSA) is 56.1 Å². The van der Waals surface area contributed by atoms with Crippen LogP contribution in [0, 0.1) is 5.82 Å². The van der Waals surface area contributed by atoms with Gasteiger partial charge in [-0.25, -0.2) is 4.39 Å². The summed E-state index contributed by atoms with van der Waals surface area (Å²) < 4.78 is 20.5. The van der Waals surface area contributed by atoms with Crippen molar-refractivity contribution >= 4 is 16.8 Å². The standard InChI is InChI=1S/C25H24FN3O2/c1-3-31-23-12-8-19(9-13-23)17(2)28-25(30)20-6-7-21-15-27-29(24(21)14-20)16-18-4-10-22(26)11-5-18/h4-15,17H,3,16H2,1-2H3,(H,28,30)/t17-/m1/s1. The van der Waals surface area contributed by atoms with Gasteiger partial charge in [-0.15, -0.1) is 0 Å². The van der Waals surface area contributed by atoms with Crippen molar-refractivity contribution in [3.63, 3.8) is 0 Å². The van der Waals surface area contributed by atoms with Gasteiger partial charge >= 0.3 is 0 Å². The van der Waals surface area contributed by atoms with Crippen LogP contribution in [0.1, 0.15) is 41.4 Å². The van der Waals surface area contributed by atoms with Gasteiger partial charge in [0.1, 0.15) is 11.6 Å². The fourth-order valence-corrected chi connectivity index (χ4v) is 3.48. The van der Waals surface area contributed by atoms with Crippen molar-refractivity contribution in [3.05, 3.63) is 95.4 Å². The van der Waals surface area contributed by atoms with Crippen molar-refractivity contribution in [1.29, 1.82) is 0 Å².